The summed E-state index contributed by atoms with van der Waals surface area (Å²) in [5.41, 5.74) is 6.52. The zero-order valence-corrected chi connectivity index (χ0v) is 10.9. The minimum atomic E-state index is -2.54. The fourth-order valence-electron chi connectivity index (χ4n) is 2.38. The summed E-state index contributed by atoms with van der Waals surface area (Å²) in [6.07, 6.45) is 1.10. The van der Waals surface area contributed by atoms with Crippen molar-refractivity contribution in [2.45, 2.75) is 31.9 Å². The number of hydrogen-bond donors (Lipinski definition) is 1. The highest BCUT2D eigenvalue weighted by Gasteiger charge is 2.32. The Balaban J connectivity index is 1.95. The summed E-state index contributed by atoms with van der Waals surface area (Å²) in [6.45, 7) is 0.501. The maximum absolute atomic E-state index is 13.2. The van der Waals surface area contributed by atoms with Crippen LogP contribution in [0.25, 0.3) is 0 Å². The first-order valence-corrected chi connectivity index (χ1v) is 6.62. The van der Waals surface area contributed by atoms with E-state index >= 15 is 0 Å². The lowest BCUT2D eigenvalue weighted by molar-refractivity contribution is 0.152. The van der Waals surface area contributed by atoms with Crippen molar-refractivity contribution < 1.29 is 13.2 Å². The van der Waals surface area contributed by atoms with Crippen LogP contribution >= 0.6 is 0 Å². The van der Waals surface area contributed by atoms with Crippen LogP contribution in [0.15, 0.2) is 41.0 Å². The second-order valence-corrected chi connectivity index (χ2v) is 5.06. The third kappa shape index (κ3) is 2.61. The Morgan fingerprint density at radius 1 is 1.30 bits per heavy atom. The van der Waals surface area contributed by atoms with Crippen LogP contribution in [-0.4, -0.2) is 6.04 Å². The second-order valence-electron chi connectivity index (χ2n) is 5.06. The normalized spacial score (nSPS) is 14.8. The second kappa shape index (κ2) is 5.15. The molecule has 1 fully saturated rings. The van der Waals surface area contributed by atoms with E-state index in [1.54, 1.807) is 24.5 Å². The first-order valence-electron chi connectivity index (χ1n) is 6.62. The highest BCUT2D eigenvalue weighted by atomic mass is 19.3. The Morgan fingerprint density at radius 2 is 2.10 bits per heavy atom. The molecule has 1 aliphatic carbocycles. The number of rotatable bonds is 5. The first kappa shape index (κ1) is 13.0. The molecule has 2 N–H and O–H groups in total. The van der Waals surface area contributed by atoms with E-state index in [0.717, 1.165) is 18.6 Å². The van der Waals surface area contributed by atoms with Gasteiger partial charge in [-0.25, -0.2) is 8.78 Å². The average molecular weight is 278 g/mol. The zero-order chi connectivity index (χ0) is 14.1. The van der Waals surface area contributed by atoms with Gasteiger partial charge in [0.25, 0.3) is 6.43 Å². The largest absolute Gasteiger partial charge is 0.467 e. The molecule has 0 bridgehead atoms. The summed E-state index contributed by atoms with van der Waals surface area (Å²) in [7, 11) is 0. The number of alkyl halides is 2. The number of nitrogens with two attached hydrogens (primary N) is 1. The molecule has 3 nitrogen and oxygen atoms in total. The minimum absolute atomic E-state index is 0.0107. The molecule has 0 radical (unpaired) electrons. The van der Waals surface area contributed by atoms with Crippen LogP contribution in [-0.2, 0) is 6.54 Å². The van der Waals surface area contributed by atoms with Crippen molar-refractivity contribution in [2.75, 3.05) is 10.6 Å². The minimum Gasteiger partial charge on any atom is -0.467 e. The fraction of sp³-hybridized carbons (Fsp3) is 0.333. The van der Waals surface area contributed by atoms with Crippen LogP contribution in [0.3, 0.4) is 0 Å². The summed E-state index contributed by atoms with van der Waals surface area (Å²) in [6, 6.07) is 8.67. The lowest BCUT2D eigenvalue weighted by Gasteiger charge is -2.26. The summed E-state index contributed by atoms with van der Waals surface area (Å²) in [5.74, 6) is 0.772. The molecule has 1 aliphatic rings. The standard InChI is InChI=1S/C15H16F2N2O/c16-15(17)13-8-10(18)3-6-14(13)19(11-4-5-11)9-12-2-1-7-20-12/h1-3,6-8,11,15H,4-5,9,18H2. The van der Waals surface area contributed by atoms with Crippen molar-refractivity contribution in [2.24, 2.45) is 0 Å². The van der Waals surface area contributed by atoms with Crippen LogP contribution < -0.4 is 10.6 Å². The van der Waals surface area contributed by atoms with E-state index in [1.807, 2.05) is 11.0 Å². The maximum atomic E-state index is 13.2. The quantitative estimate of drug-likeness (QED) is 0.841. The maximum Gasteiger partial charge on any atom is 0.265 e. The lowest BCUT2D eigenvalue weighted by Crippen LogP contribution is -2.26. The molecule has 106 valence electrons. The van der Waals surface area contributed by atoms with Gasteiger partial charge < -0.3 is 15.1 Å². The van der Waals surface area contributed by atoms with Gasteiger partial charge in [-0.3, -0.25) is 0 Å². The smallest absolute Gasteiger partial charge is 0.265 e. The fourth-order valence-corrected chi connectivity index (χ4v) is 2.38. The molecule has 1 aromatic carbocycles. The molecule has 0 atom stereocenters. The van der Waals surface area contributed by atoms with Gasteiger partial charge in [0.05, 0.1) is 12.8 Å². The molecule has 5 heteroatoms. The van der Waals surface area contributed by atoms with Crippen molar-refractivity contribution in [1.29, 1.82) is 0 Å². The molecular weight excluding hydrogens is 262 g/mol. The Morgan fingerprint density at radius 3 is 2.70 bits per heavy atom. The molecule has 1 aromatic heterocycles. The summed E-state index contributed by atoms with van der Waals surface area (Å²) in [5, 5.41) is 0. The SMILES string of the molecule is Nc1ccc(N(Cc2ccco2)C2CC2)c(C(F)F)c1. The Labute approximate surface area is 116 Å². The average Bonchev–Trinajstić information content (AvgIpc) is 3.13. The monoisotopic (exact) mass is 278 g/mol. The molecule has 0 spiro atoms. The predicted octanol–water partition coefficient (Wildman–Crippen LogP) is 3.97. The van der Waals surface area contributed by atoms with E-state index in [9.17, 15) is 8.78 Å². The highest BCUT2D eigenvalue weighted by molar-refractivity contribution is 5.61. The lowest BCUT2D eigenvalue weighted by atomic mass is 10.1. The predicted molar refractivity (Wildman–Crippen MR) is 73.7 cm³/mol. The Bertz CT molecular complexity index is 580. The highest BCUT2D eigenvalue weighted by Crippen LogP contribution is 2.39. The van der Waals surface area contributed by atoms with Crippen molar-refractivity contribution in [3.63, 3.8) is 0 Å². The van der Waals surface area contributed by atoms with Gasteiger partial charge in [-0.15, -0.1) is 0 Å². The van der Waals surface area contributed by atoms with Crippen LogP contribution in [0, 0.1) is 0 Å². The van der Waals surface area contributed by atoms with E-state index in [2.05, 4.69) is 0 Å². The Kier molecular flexibility index (Phi) is 3.34. The summed E-state index contributed by atoms with van der Waals surface area (Å²) < 4.78 is 31.8. The van der Waals surface area contributed by atoms with E-state index in [1.165, 1.54) is 6.07 Å². The molecule has 3 rings (SSSR count). The molecule has 2 aromatic rings. The van der Waals surface area contributed by atoms with Gasteiger partial charge in [0, 0.05) is 23.0 Å². The van der Waals surface area contributed by atoms with Gasteiger partial charge in [-0.1, -0.05) is 0 Å². The van der Waals surface area contributed by atoms with Crippen molar-refractivity contribution in [3.05, 3.63) is 47.9 Å². The third-order valence-corrected chi connectivity index (χ3v) is 3.49. The van der Waals surface area contributed by atoms with Crippen molar-refractivity contribution in [3.8, 4) is 0 Å². The summed E-state index contributed by atoms with van der Waals surface area (Å²) >= 11 is 0. The summed E-state index contributed by atoms with van der Waals surface area (Å²) in [4.78, 5) is 1.99. The van der Waals surface area contributed by atoms with E-state index < -0.39 is 6.43 Å². The van der Waals surface area contributed by atoms with Gasteiger partial charge in [-0.05, 0) is 43.2 Å². The van der Waals surface area contributed by atoms with Gasteiger partial charge >= 0.3 is 0 Å². The van der Waals surface area contributed by atoms with Crippen LogP contribution in [0.4, 0.5) is 20.2 Å². The molecule has 0 unspecified atom stereocenters. The Hall–Kier alpha value is -2.04. The molecule has 0 aliphatic heterocycles. The van der Waals surface area contributed by atoms with Crippen molar-refractivity contribution in [1.82, 2.24) is 0 Å². The van der Waals surface area contributed by atoms with E-state index in [0.29, 0.717) is 24.0 Å². The molecule has 1 heterocycles. The number of halogens is 2. The topological polar surface area (TPSA) is 42.4 Å². The van der Waals surface area contributed by atoms with Crippen LogP contribution in [0.1, 0.15) is 30.6 Å². The van der Waals surface area contributed by atoms with Crippen LogP contribution in [0.2, 0.25) is 0 Å². The van der Waals surface area contributed by atoms with Gasteiger partial charge in [0.1, 0.15) is 5.76 Å². The van der Waals surface area contributed by atoms with Gasteiger partial charge in [0.2, 0.25) is 0 Å². The zero-order valence-electron chi connectivity index (χ0n) is 10.9. The molecule has 20 heavy (non-hydrogen) atoms. The number of hydrogen-bond acceptors (Lipinski definition) is 3. The van der Waals surface area contributed by atoms with Gasteiger partial charge in [-0.2, -0.15) is 0 Å². The number of nitrogens with zero attached hydrogens (tertiary/aromatic N) is 1. The van der Waals surface area contributed by atoms with Gasteiger partial charge in [0.15, 0.2) is 0 Å². The van der Waals surface area contributed by atoms with Crippen molar-refractivity contribution >= 4 is 11.4 Å². The van der Waals surface area contributed by atoms with E-state index in [4.69, 9.17) is 10.2 Å². The third-order valence-electron chi connectivity index (χ3n) is 3.49. The number of furan rings is 1. The number of benzene rings is 1. The number of anilines is 2. The first-order chi connectivity index (χ1) is 9.65. The molecule has 0 saturated heterocycles. The molecule has 1 saturated carbocycles. The number of nitrogen functional groups attached to an aromatic ring is 1. The molecular formula is C15H16F2N2O. The van der Waals surface area contributed by atoms with Crippen LogP contribution in [0.5, 0.6) is 0 Å². The van der Waals surface area contributed by atoms with E-state index in [-0.39, 0.29) is 5.56 Å². The molecule has 0 amide bonds.